The molecule has 2 fully saturated rings. The van der Waals surface area contributed by atoms with Gasteiger partial charge in [0.15, 0.2) is 0 Å². The summed E-state index contributed by atoms with van der Waals surface area (Å²) in [5.74, 6) is 2.59. The van der Waals surface area contributed by atoms with Crippen molar-refractivity contribution in [2.45, 2.75) is 45.1 Å². The molecule has 0 saturated heterocycles. The fourth-order valence-corrected chi connectivity index (χ4v) is 3.46. The van der Waals surface area contributed by atoms with Crippen molar-refractivity contribution < 1.29 is 9.53 Å². The first-order valence-corrected chi connectivity index (χ1v) is 6.55. The molecule has 16 heavy (non-hydrogen) atoms. The minimum absolute atomic E-state index is 0.107. The van der Waals surface area contributed by atoms with Gasteiger partial charge in [-0.05, 0) is 50.0 Å². The number of carbonyl (C=O) groups is 1. The number of rotatable bonds is 5. The molecule has 2 aliphatic carbocycles. The zero-order valence-corrected chi connectivity index (χ0v) is 10.4. The smallest absolute Gasteiger partial charge is 0.322 e. The maximum absolute atomic E-state index is 11.4. The minimum atomic E-state index is -0.120. The van der Waals surface area contributed by atoms with Crippen molar-refractivity contribution in [3.05, 3.63) is 0 Å². The SMILES string of the molecule is CCC(NCC1CC2CCC1C2)C(=O)OC. The van der Waals surface area contributed by atoms with E-state index in [4.69, 9.17) is 4.74 Å². The maximum Gasteiger partial charge on any atom is 0.322 e. The van der Waals surface area contributed by atoms with Crippen LogP contribution in [-0.2, 0) is 9.53 Å². The molecule has 0 radical (unpaired) electrons. The summed E-state index contributed by atoms with van der Waals surface area (Å²) in [6.45, 7) is 3.02. The van der Waals surface area contributed by atoms with Gasteiger partial charge in [-0.1, -0.05) is 13.3 Å². The summed E-state index contributed by atoms with van der Waals surface area (Å²) in [6.07, 6.45) is 6.46. The first-order valence-electron chi connectivity index (χ1n) is 6.55. The van der Waals surface area contributed by atoms with Crippen molar-refractivity contribution in [3.8, 4) is 0 Å². The molecule has 0 spiro atoms. The Morgan fingerprint density at radius 1 is 1.44 bits per heavy atom. The highest BCUT2D eigenvalue weighted by Gasteiger charge is 2.39. The maximum atomic E-state index is 11.4. The number of esters is 1. The number of ether oxygens (including phenoxy) is 1. The van der Waals surface area contributed by atoms with Gasteiger partial charge < -0.3 is 10.1 Å². The third kappa shape index (κ3) is 2.40. The van der Waals surface area contributed by atoms with Crippen LogP contribution in [0.2, 0.25) is 0 Å². The van der Waals surface area contributed by atoms with E-state index in [1.807, 2.05) is 6.92 Å². The van der Waals surface area contributed by atoms with Crippen molar-refractivity contribution in [3.63, 3.8) is 0 Å². The molecular formula is C13H23NO2. The van der Waals surface area contributed by atoms with Crippen LogP contribution in [0.4, 0.5) is 0 Å². The Hall–Kier alpha value is -0.570. The van der Waals surface area contributed by atoms with Crippen LogP contribution in [0.5, 0.6) is 0 Å². The molecular weight excluding hydrogens is 202 g/mol. The van der Waals surface area contributed by atoms with E-state index in [1.54, 1.807) is 0 Å². The van der Waals surface area contributed by atoms with Gasteiger partial charge in [0.25, 0.3) is 0 Å². The predicted octanol–water partition coefficient (Wildman–Crippen LogP) is 1.96. The first-order chi connectivity index (χ1) is 7.74. The molecule has 2 saturated carbocycles. The molecule has 0 aromatic rings. The van der Waals surface area contributed by atoms with Gasteiger partial charge in [-0.25, -0.2) is 0 Å². The van der Waals surface area contributed by atoms with Gasteiger partial charge in [0.05, 0.1) is 7.11 Å². The molecule has 2 bridgehead atoms. The molecule has 0 amide bonds. The largest absolute Gasteiger partial charge is 0.468 e. The third-order valence-electron chi connectivity index (χ3n) is 4.40. The highest BCUT2D eigenvalue weighted by molar-refractivity contribution is 5.75. The Morgan fingerprint density at radius 2 is 2.25 bits per heavy atom. The van der Waals surface area contributed by atoms with E-state index in [1.165, 1.54) is 32.8 Å². The molecule has 1 N–H and O–H groups in total. The van der Waals surface area contributed by atoms with Crippen LogP contribution in [0.15, 0.2) is 0 Å². The van der Waals surface area contributed by atoms with E-state index in [0.29, 0.717) is 0 Å². The van der Waals surface area contributed by atoms with E-state index < -0.39 is 0 Å². The summed E-state index contributed by atoms with van der Waals surface area (Å²) in [4.78, 5) is 11.4. The van der Waals surface area contributed by atoms with E-state index >= 15 is 0 Å². The minimum Gasteiger partial charge on any atom is -0.468 e. The van der Waals surface area contributed by atoms with E-state index in [9.17, 15) is 4.79 Å². The summed E-state index contributed by atoms with van der Waals surface area (Å²) in [6, 6.07) is -0.107. The number of nitrogens with one attached hydrogen (secondary N) is 1. The molecule has 3 nitrogen and oxygen atoms in total. The lowest BCUT2D eigenvalue weighted by Gasteiger charge is -2.24. The van der Waals surface area contributed by atoms with Crippen molar-refractivity contribution in [1.29, 1.82) is 0 Å². The van der Waals surface area contributed by atoms with Gasteiger partial charge in [0, 0.05) is 0 Å². The second-order valence-corrected chi connectivity index (χ2v) is 5.33. The topological polar surface area (TPSA) is 38.3 Å². The fourth-order valence-electron chi connectivity index (χ4n) is 3.46. The second kappa shape index (κ2) is 5.17. The van der Waals surface area contributed by atoms with Crippen LogP contribution in [0, 0.1) is 17.8 Å². The number of carbonyl (C=O) groups excluding carboxylic acids is 1. The summed E-state index contributed by atoms with van der Waals surface area (Å²) < 4.78 is 4.78. The van der Waals surface area contributed by atoms with Crippen molar-refractivity contribution in [1.82, 2.24) is 5.32 Å². The molecule has 0 heterocycles. The van der Waals surface area contributed by atoms with E-state index in [2.05, 4.69) is 5.32 Å². The fraction of sp³-hybridized carbons (Fsp3) is 0.923. The van der Waals surface area contributed by atoms with Gasteiger partial charge in [-0.2, -0.15) is 0 Å². The monoisotopic (exact) mass is 225 g/mol. The highest BCUT2D eigenvalue weighted by atomic mass is 16.5. The normalized spacial score (nSPS) is 34.0. The Morgan fingerprint density at radius 3 is 2.75 bits per heavy atom. The van der Waals surface area contributed by atoms with Gasteiger partial charge >= 0.3 is 5.97 Å². The quantitative estimate of drug-likeness (QED) is 0.727. The summed E-state index contributed by atoms with van der Waals surface area (Å²) in [7, 11) is 1.46. The van der Waals surface area contributed by atoms with Crippen LogP contribution in [0.1, 0.15) is 39.0 Å². The molecule has 0 aromatic heterocycles. The highest BCUT2D eigenvalue weighted by Crippen LogP contribution is 2.47. The van der Waals surface area contributed by atoms with Gasteiger partial charge in [0.1, 0.15) is 6.04 Å². The Bertz CT molecular complexity index is 254. The third-order valence-corrected chi connectivity index (χ3v) is 4.40. The predicted molar refractivity (Wildman–Crippen MR) is 63.0 cm³/mol. The lowest BCUT2D eigenvalue weighted by Crippen LogP contribution is -2.40. The van der Waals surface area contributed by atoms with Crippen LogP contribution in [0.3, 0.4) is 0 Å². The molecule has 2 rings (SSSR count). The molecule has 92 valence electrons. The van der Waals surface area contributed by atoms with Crippen LogP contribution in [-0.4, -0.2) is 25.7 Å². The lowest BCUT2D eigenvalue weighted by atomic mass is 9.88. The summed E-state index contributed by atoms with van der Waals surface area (Å²) in [5.41, 5.74) is 0. The molecule has 2 aliphatic rings. The number of hydrogen-bond acceptors (Lipinski definition) is 3. The molecule has 4 unspecified atom stereocenters. The number of hydrogen-bond donors (Lipinski definition) is 1. The molecule has 3 heteroatoms. The number of fused-ring (bicyclic) bond motifs is 2. The molecule has 0 aliphatic heterocycles. The zero-order valence-electron chi connectivity index (χ0n) is 10.4. The van der Waals surface area contributed by atoms with Crippen molar-refractivity contribution in [2.75, 3.05) is 13.7 Å². The van der Waals surface area contributed by atoms with Crippen LogP contribution in [0.25, 0.3) is 0 Å². The Kier molecular flexibility index (Phi) is 3.85. The van der Waals surface area contributed by atoms with Gasteiger partial charge in [-0.15, -0.1) is 0 Å². The van der Waals surface area contributed by atoms with Crippen LogP contribution < -0.4 is 5.32 Å². The lowest BCUT2D eigenvalue weighted by molar-refractivity contribution is -0.143. The summed E-state index contributed by atoms with van der Waals surface area (Å²) in [5, 5.41) is 3.37. The van der Waals surface area contributed by atoms with E-state index in [-0.39, 0.29) is 12.0 Å². The van der Waals surface area contributed by atoms with Crippen molar-refractivity contribution >= 4 is 5.97 Å². The zero-order chi connectivity index (χ0) is 11.5. The average Bonchev–Trinajstić information content (AvgIpc) is 2.91. The number of methoxy groups -OCH3 is 1. The van der Waals surface area contributed by atoms with Crippen molar-refractivity contribution in [2.24, 2.45) is 17.8 Å². The molecule has 4 atom stereocenters. The summed E-state index contributed by atoms with van der Waals surface area (Å²) >= 11 is 0. The standard InChI is InChI=1S/C13H23NO2/c1-3-12(13(15)16-2)14-8-11-7-9-4-5-10(11)6-9/h9-12,14H,3-8H2,1-2H3. The Balaban J connectivity index is 1.76. The molecule has 0 aromatic carbocycles. The van der Waals surface area contributed by atoms with E-state index in [0.717, 1.165) is 30.7 Å². The van der Waals surface area contributed by atoms with Crippen LogP contribution >= 0.6 is 0 Å². The van der Waals surface area contributed by atoms with Gasteiger partial charge in [0.2, 0.25) is 0 Å². The Labute approximate surface area is 97.9 Å². The average molecular weight is 225 g/mol. The second-order valence-electron chi connectivity index (χ2n) is 5.33. The van der Waals surface area contributed by atoms with Gasteiger partial charge in [-0.3, -0.25) is 4.79 Å². The first kappa shape index (κ1) is 11.9.